The summed E-state index contributed by atoms with van der Waals surface area (Å²) in [5, 5.41) is 3.94. The van der Waals surface area contributed by atoms with Crippen molar-refractivity contribution in [2.45, 2.75) is 65.2 Å². The van der Waals surface area contributed by atoms with Crippen molar-refractivity contribution in [3.8, 4) is 11.5 Å². The number of sulfonamides is 1. The van der Waals surface area contributed by atoms with Gasteiger partial charge in [-0.15, -0.1) is 0 Å². The van der Waals surface area contributed by atoms with Crippen molar-refractivity contribution in [3.05, 3.63) is 82.3 Å². The van der Waals surface area contributed by atoms with Crippen molar-refractivity contribution in [1.29, 1.82) is 0 Å². The fraction of sp³-hybridized carbons (Fsp3) is 0.419. The highest BCUT2D eigenvalue weighted by Gasteiger charge is 2.51. The van der Waals surface area contributed by atoms with E-state index >= 15 is 0 Å². The molecule has 10 heteroatoms. The molecule has 1 aliphatic carbocycles. The summed E-state index contributed by atoms with van der Waals surface area (Å²) in [5.74, 6) is 1.17. The number of benzene rings is 1. The zero-order chi connectivity index (χ0) is 30.0. The fourth-order valence-electron chi connectivity index (χ4n) is 4.77. The van der Waals surface area contributed by atoms with Gasteiger partial charge in [-0.05, 0) is 71.6 Å². The molecule has 0 spiro atoms. The van der Waals surface area contributed by atoms with Crippen molar-refractivity contribution in [1.82, 2.24) is 10.1 Å². The highest BCUT2D eigenvalue weighted by atomic mass is 32.2. The molecule has 0 fully saturated rings. The summed E-state index contributed by atoms with van der Waals surface area (Å²) in [5.41, 5.74) is 4.29. The molecule has 0 amide bonds. The van der Waals surface area contributed by atoms with Crippen LogP contribution in [0.2, 0.25) is 0 Å². The highest BCUT2D eigenvalue weighted by Crippen LogP contribution is 2.44. The molecule has 0 saturated heterocycles. The zero-order valence-corrected chi connectivity index (χ0v) is 25.8. The van der Waals surface area contributed by atoms with Gasteiger partial charge in [0, 0.05) is 17.3 Å². The summed E-state index contributed by atoms with van der Waals surface area (Å²) in [6.07, 6.45) is 3.89. The molecular weight excluding hydrogens is 542 g/mol. The van der Waals surface area contributed by atoms with Gasteiger partial charge in [0.05, 0.1) is 30.7 Å². The lowest BCUT2D eigenvalue weighted by atomic mass is 9.83. The fourth-order valence-corrected chi connectivity index (χ4v) is 6.46. The number of aromatic nitrogens is 2. The smallest absolute Gasteiger partial charge is 0.247 e. The summed E-state index contributed by atoms with van der Waals surface area (Å²) in [6, 6.07) is 11.3. The molecule has 1 aliphatic rings. The second-order valence-electron chi connectivity index (χ2n) is 11.3. The Kier molecular flexibility index (Phi) is 8.65. The largest absolute Gasteiger partial charge is 0.491 e. The lowest BCUT2D eigenvalue weighted by Crippen LogP contribution is -2.50. The van der Waals surface area contributed by atoms with Gasteiger partial charge in [0.2, 0.25) is 15.9 Å². The first-order chi connectivity index (χ1) is 19.3. The second-order valence-corrected chi connectivity index (χ2v) is 13.3. The van der Waals surface area contributed by atoms with Gasteiger partial charge in [-0.3, -0.25) is 4.98 Å². The van der Waals surface area contributed by atoms with Crippen LogP contribution in [0.3, 0.4) is 0 Å². The van der Waals surface area contributed by atoms with Crippen molar-refractivity contribution < 1.29 is 27.2 Å². The SMILES string of the molecule is COc1c(OCC2=CC=C(c3ccccc3)C(COC(C)(C)C)(S(=O)(=O)Nc3onc(C)c3C)C2)cc(C)nc1C. The van der Waals surface area contributed by atoms with Crippen LogP contribution in [0, 0.1) is 27.7 Å². The van der Waals surface area contributed by atoms with Crippen LogP contribution in [-0.2, 0) is 14.8 Å². The Bertz CT molecular complexity index is 1570. The molecule has 9 nitrogen and oxygen atoms in total. The van der Waals surface area contributed by atoms with E-state index in [0.717, 1.165) is 16.8 Å². The van der Waals surface area contributed by atoms with Crippen molar-refractivity contribution in [2.75, 3.05) is 25.0 Å². The van der Waals surface area contributed by atoms with Crippen LogP contribution in [-0.4, -0.2) is 49.2 Å². The maximum absolute atomic E-state index is 14.5. The Balaban J connectivity index is 1.81. The molecule has 1 N–H and O–H groups in total. The minimum atomic E-state index is -4.18. The molecule has 2 aromatic heterocycles. The van der Waals surface area contributed by atoms with E-state index in [1.807, 2.05) is 83.2 Å². The first kappa shape index (κ1) is 30.3. The molecule has 0 saturated carbocycles. The molecule has 1 aromatic carbocycles. The van der Waals surface area contributed by atoms with E-state index < -0.39 is 20.4 Å². The standard InChI is InChI=1S/C31H39N3O6S/c1-20-16-27(28(37-8)23(4)32-20)38-18-24-14-15-26(25-12-10-9-11-13-25)31(17-24,19-39-30(5,6)7)41(35,36)34-29-21(2)22(3)33-40-29/h9-16,34H,17-19H2,1-8H3. The molecule has 4 rings (SSSR count). The van der Waals surface area contributed by atoms with Gasteiger partial charge < -0.3 is 18.7 Å². The third-order valence-corrected chi connectivity index (χ3v) is 9.03. The summed E-state index contributed by atoms with van der Waals surface area (Å²) in [7, 11) is -2.61. The van der Waals surface area contributed by atoms with Crippen molar-refractivity contribution >= 4 is 21.5 Å². The van der Waals surface area contributed by atoms with Gasteiger partial charge in [-0.2, -0.15) is 0 Å². The first-order valence-corrected chi connectivity index (χ1v) is 14.9. The molecule has 0 aliphatic heterocycles. The number of anilines is 1. The Labute approximate surface area is 242 Å². The summed E-state index contributed by atoms with van der Waals surface area (Å²) < 4.78 is 53.6. The van der Waals surface area contributed by atoms with Gasteiger partial charge in [-0.25, -0.2) is 13.1 Å². The lowest BCUT2D eigenvalue weighted by molar-refractivity contribution is -0.00984. The van der Waals surface area contributed by atoms with Gasteiger partial charge in [0.15, 0.2) is 11.5 Å². The van der Waals surface area contributed by atoms with Crippen molar-refractivity contribution in [3.63, 3.8) is 0 Å². The number of hydrogen-bond acceptors (Lipinski definition) is 8. The predicted molar refractivity (Wildman–Crippen MR) is 160 cm³/mol. The van der Waals surface area contributed by atoms with Gasteiger partial charge in [0.25, 0.3) is 0 Å². The number of aryl methyl sites for hydroxylation is 3. The molecule has 2 heterocycles. The van der Waals surface area contributed by atoms with Crippen molar-refractivity contribution in [2.24, 2.45) is 0 Å². The van der Waals surface area contributed by atoms with Crippen LogP contribution >= 0.6 is 0 Å². The Morgan fingerprint density at radius 2 is 1.76 bits per heavy atom. The monoisotopic (exact) mass is 581 g/mol. The number of allylic oxidation sites excluding steroid dienone is 2. The molecule has 0 radical (unpaired) electrons. The van der Waals surface area contributed by atoms with Crippen LogP contribution in [0.1, 0.15) is 55.4 Å². The molecule has 3 aromatic rings. The second kappa shape index (κ2) is 11.7. The maximum Gasteiger partial charge on any atom is 0.247 e. The van der Waals surface area contributed by atoms with E-state index in [4.69, 9.17) is 18.7 Å². The average Bonchev–Trinajstić information content (AvgIpc) is 3.22. The van der Waals surface area contributed by atoms with E-state index in [2.05, 4.69) is 14.9 Å². The van der Waals surface area contributed by atoms with Crippen LogP contribution in [0.4, 0.5) is 5.88 Å². The average molecular weight is 582 g/mol. The summed E-state index contributed by atoms with van der Waals surface area (Å²) in [6.45, 7) is 13.0. The minimum Gasteiger partial charge on any atom is -0.491 e. The molecular formula is C31H39N3O6S. The van der Waals surface area contributed by atoms with Gasteiger partial charge in [-0.1, -0.05) is 47.6 Å². The Hall–Kier alpha value is -3.63. The number of pyridine rings is 1. The van der Waals surface area contributed by atoms with E-state index in [0.29, 0.717) is 34.0 Å². The van der Waals surface area contributed by atoms with Crippen LogP contribution < -0.4 is 14.2 Å². The van der Waals surface area contributed by atoms with E-state index in [-0.39, 0.29) is 25.5 Å². The Morgan fingerprint density at radius 1 is 1.05 bits per heavy atom. The van der Waals surface area contributed by atoms with E-state index in [9.17, 15) is 8.42 Å². The third kappa shape index (κ3) is 6.49. The molecule has 0 bridgehead atoms. The van der Waals surface area contributed by atoms with Gasteiger partial charge >= 0.3 is 0 Å². The molecule has 41 heavy (non-hydrogen) atoms. The van der Waals surface area contributed by atoms with Crippen LogP contribution in [0.5, 0.6) is 11.5 Å². The first-order valence-electron chi connectivity index (χ1n) is 13.5. The van der Waals surface area contributed by atoms with E-state index in [1.54, 1.807) is 21.0 Å². The summed E-state index contributed by atoms with van der Waals surface area (Å²) >= 11 is 0. The van der Waals surface area contributed by atoms with E-state index in [1.165, 1.54) is 0 Å². The number of nitrogens with zero attached hydrogens (tertiary/aromatic N) is 2. The highest BCUT2D eigenvalue weighted by molar-refractivity contribution is 7.94. The summed E-state index contributed by atoms with van der Waals surface area (Å²) in [4.78, 5) is 4.45. The number of methoxy groups -OCH3 is 1. The number of hydrogen-bond donors (Lipinski definition) is 1. The van der Waals surface area contributed by atoms with Gasteiger partial charge in [0.1, 0.15) is 11.4 Å². The minimum absolute atomic E-state index is 0.0878. The maximum atomic E-state index is 14.5. The van der Waals surface area contributed by atoms with Crippen LogP contribution in [0.25, 0.3) is 5.57 Å². The molecule has 220 valence electrons. The topological polar surface area (TPSA) is 113 Å². The quantitative estimate of drug-likeness (QED) is 0.306. The molecule has 1 atom stereocenters. The normalized spacial score (nSPS) is 17.6. The molecule has 1 unspecified atom stereocenters. The third-order valence-electron chi connectivity index (χ3n) is 7.06. The number of rotatable bonds is 10. The van der Waals surface area contributed by atoms with Crippen LogP contribution in [0.15, 0.2) is 58.6 Å². The number of ether oxygens (including phenoxy) is 3. The number of nitrogens with one attached hydrogen (secondary N) is 1. The predicted octanol–water partition coefficient (Wildman–Crippen LogP) is 6.10. The Morgan fingerprint density at radius 3 is 2.37 bits per heavy atom. The zero-order valence-electron chi connectivity index (χ0n) is 25.0. The lowest BCUT2D eigenvalue weighted by Gasteiger charge is -2.40.